The smallest absolute Gasteiger partial charge is 0.191 e. The quantitative estimate of drug-likeness (QED) is 0.374. The zero-order valence-corrected chi connectivity index (χ0v) is 18.3. The summed E-state index contributed by atoms with van der Waals surface area (Å²) in [6.45, 7) is 8.91. The summed E-state index contributed by atoms with van der Waals surface area (Å²) < 4.78 is 0. The molecule has 2 N–H and O–H groups in total. The fraction of sp³-hybridized carbons (Fsp3) is 0.684. The third-order valence-electron chi connectivity index (χ3n) is 4.80. The molecular weight excluding hydrogens is 425 g/mol. The Labute approximate surface area is 170 Å². The van der Waals surface area contributed by atoms with Crippen LogP contribution in [0.1, 0.15) is 43.7 Å². The summed E-state index contributed by atoms with van der Waals surface area (Å²) in [5.41, 5.74) is 2.60. The first-order chi connectivity index (χ1) is 11.7. The van der Waals surface area contributed by atoms with Gasteiger partial charge in [-0.05, 0) is 56.3 Å². The molecule has 0 radical (unpaired) electrons. The molecule has 2 heterocycles. The van der Waals surface area contributed by atoms with E-state index >= 15 is 0 Å². The third-order valence-corrected chi connectivity index (χ3v) is 4.80. The normalized spacial score (nSPS) is 16.4. The van der Waals surface area contributed by atoms with Gasteiger partial charge in [0, 0.05) is 45.1 Å². The summed E-state index contributed by atoms with van der Waals surface area (Å²) in [7, 11) is 1.85. The van der Waals surface area contributed by atoms with Gasteiger partial charge in [-0.3, -0.25) is 9.98 Å². The Morgan fingerprint density at radius 2 is 2.12 bits per heavy atom. The third kappa shape index (κ3) is 7.90. The van der Waals surface area contributed by atoms with Crippen LogP contribution in [0.25, 0.3) is 0 Å². The minimum atomic E-state index is 0. The van der Waals surface area contributed by atoms with Crippen LogP contribution in [0.4, 0.5) is 0 Å². The molecule has 142 valence electrons. The predicted octanol–water partition coefficient (Wildman–Crippen LogP) is 2.98. The number of unbranched alkanes of at least 4 members (excludes halogenated alkanes) is 1. The highest BCUT2D eigenvalue weighted by atomic mass is 127. The number of hydrogen-bond donors (Lipinski definition) is 2. The van der Waals surface area contributed by atoms with Crippen LogP contribution in [0.5, 0.6) is 0 Å². The average Bonchev–Trinajstić information content (AvgIpc) is 2.61. The van der Waals surface area contributed by atoms with Crippen molar-refractivity contribution >= 4 is 29.9 Å². The number of aliphatic imine (C=N–C) groups is 1. The second kappa shape index (κ2) is 12.5. The largest absolute Gasteiger partial charge is 0.356 e. The Hall–Kier alpha value is -0.890. The lowest BCUT2D eigenvalue weighted by atomic mass is 10.0. The predicted molar refractivity (Wildman–Crippen MR) is 117 cm³/mol. The number of guanidine groups is 1. The van der Waals surface area contributed by atoms with Crippen molar-refractivity contribution in [2.24, 2.45) is 4.99 Å². The molecule has 0 atom stereocenters. The van der Waals surface area contributed by atoms with Gasteiger partial charge in [0.25, 0.3) is 0 Å². The number of halogens is 1. The van der Waals surface area contributed by atoms with Gasteiger partial charge in [-0.1, -0.05) is 13.3 Å². The van der Waals surface area contributed by atoms with Gasteiger partial charge >= 0.3 is 0 Å². The number of nitrogens with one attached hydrogen (secondary N) is 2. The van der Waals surface area contributed by atoms with Crippen LogP contribution in [-0.2, 0) is 6.42 Å². The van der Waals surface area contributed by atoms with E-state index in [1.165, 1.54) is 56.4 Å². The van der Waals surface area contributed by atoms with Crippen molar-refractivity contribution in [1.29, 1.82) is 0 Å². The fourth-order valence-electron chi connectivity index (χ4n) is 3.17. The number of pyridine rings is 1. The molecule has 25 heavy (non-hydrogen) atoms. The summed E-state index contributed by atoms with van der Waals surface area (Å²) in [5.74, 6) is 0.925. The van der Waals surface area contributed by atoms with Gasteiger partial charge < -0.3 is 15.5 Å². The molecule has 1 aliphatic heterocycles. The van der Waals surface area contributed by atoms with E-state index in [9.17, 15) is 0 Å². The molecular formula is C19H34IN5. The van der Waals surface area contributed by atoms with Crippen LogP contribution in [0.15, 0.2) is 23.5 Å². The lowest BCUT2D eigenvalue weighted by Gasteiger charge is -2.33. The van der Waals surface area contributed by atoms with E-state index in [1.807, 2.05) is 19.4 Å². The van der Waals surface area contributed by atoms with E-state index in [0.29, 0.717) is 6.04 Å². The van der Waals surface area contributed by atoms with E-state index in [2.05, 4.69) is 45.4 Å². The van der Waals surface area contributed by atoms with Crippen molar-refractivity contribution in [1.82, 2.24) is 20.5 Å². The number of aryl methyl sites for hydroxylation is 1. The average molecular weight is 459 g/mol. The van der Waals surface area contributed by atoms with Crippen LogP contribution in [-0.4, -0.2) is 55.1 Å². The van der Waals surface area contributed by atoms with Crippen LogP contribution in [0.2, 0.25) is 0 Å². The molecule has 0 bridgehead atoms. The number of nitrogens with zero attached hydrogens (tertiary/aromatic N) is 3. The summed E-state index contributed by atoms with van der Waals surface area (Å²) in [5, 5.41) is 7.03. The molecule has 1 fully saturated rings. The van der Waals surface area contributed by atoms with Crippen molar-refractivity contribution < 1.29 is 0 Å². The van der Waals surface area contributed by atoms with Crippen molar-refractivity contribution in [3.8, 4) is 0 Å². The Morgan fingerprint density at radius 3 is 2.76 bits per heavy atom. The number of piperidine rings is 1. The topological polar surface area (TPSA) is 52.5 Å². The number of hydrogen-bond acceptors (Lipinski definition) is 3. The maximum Gasteiger partial charge on any atom is 0.191 e. The molecule has 0 amide bonds. The molecule has 0 saturated carbocycles. The summed E-state index contributed by atoms with van der Waals surface area (Å²) in [4.78, 5) is 11.1. The molecule has 1 aromatic heterocycles. The van der Waals surface area contributed by atoms with E-state index < -0.39 is 0 Å². The van der Waals surface area contributed by atoms with Crippen LogP contribution >= 0.6 is 24.0 Å². The minimum Gasteiger partial charge on any atom is -0.356 e. The Kier molecular flexibility index (Phi) is 11.0. The number of likely N-dealkylation sites (tertiary alicyclic amines) is 1. The van der Waals surface area contributed by atoms with Gasteiger partial charge in [-0.15, -0.1) is 24.0 Å². The maximum absolute atomic E-state index is 4.37. The molecule has 1 saturated heterocycles. The van der Waals surface area contributed by atoms with Crippen LogP contribution < -0.4 is 10.6 Å². The second-order valence-corrected chi connectivity index (χ2v) is 6.66. The van der Waals surface area contributed by atoms with E-state index in [1.54, 1.807) is 0 Å². The zero-order valence-electron chi connectivity index (χ0n) is 15.9. The van der Waals surface area contributed by atoms with Crippen LogP contribution in [0.3, 0.4) is 0 Å². The van der Waals surface area contributed by atoms with E-state index in [0.717, 1.165) is 18.9 Å². The summed E-state index contributed by atoms with van der Waals surface area (Å²) in [6.07, 6.45) is 9.78. The molecule has 6 heteroatoms. The van der Waals surface area contributed by atoms with Crippen molar-refractivity contribution in [2.45, 2.75) is 52.0 Å². The van der Waals surface area contributed by atoms with Gasteiger partial charge in [-0.2, -0.15) is 0 Å². The Morgan fingerprint density at radius 1 is 1.36 bits per heavy atom. The molecule has 1 aliphatic rings. The first-order valence-electron chi connectivity index (χ1n) is 9.32. The summed E-state index contributed by atoms with van der Waals surface area (Å²) >= 11 is 0. The molecule has 0 unspecified atom stereocenters. The SMILES string of the molecule is CCCCN1CCC(NC(=NC)NCCc2ccncc2C)CC1.I. The van der Waals surface area contributed by atoms with Crippen molar-refractivity contribution in [3.05, 3.63) is 29.6 Å². The standard InChI is InChI=1S/C19H33N5.HI/c1-4-5-12-24-13-8-18(9-14-24)23-19(20-3)22-11-7-17-6-10-21-15-16(17)2;/h6,10,15,18H,4-5,7-9,11-14H2,1-3H3,(H2,20,22,23);1H. The monoisotopic (exact) mass is 459 g/mol. The Balaban J connectivity index is 0.00000312. The van der Waals surface area contributed by atoms with Gasteiger partial charge in [-0.25, -0.2) is 0 Å². The number of aromatic nitrogens is 1. The summed E-state index contributed by atoms with van der Waals surface area (Å²) in [6, 6.07) is 2.64. The van der Waals surface area contributed by atoms with Gasteiger partial charge in [0.1, 0.15) is 0 Å². The number of rotatable bonds is 7. The molecule has 2 rings (SSSR count). The molecule has 5 nitrogen and oxygen atoms in total. The second-order valence-electron chi connectivity index (χ2n) is 6.66. The van der Waals surface area contributed by atoms with Crippen molar-refractivity contribution in [2.75, 3.05) is 33.2 Å². The first kappa shape index (κ1) is 22.2. The van der Waals surface area contributed by atoms with Gasteiger partial charge in [0.05, 0.1) is 0 Å². The molecule has 0 aromatic carbocycles. The molecule has 1 aromatic rings. The fourth-order valence-corrected chi connectivity index (χ4v) is 3.17. The highest BCUT2D eigenvalue weighted by molar-refractivity contribution is 14.0. The van der Waals surface area contributed by atoms with Crippen LogP contribution in [0, 0.1) is 6.92 Å². The highest BCUT2D eigenvalue weighted by Gasteiger charge is 2.19. The zero-order chi connectivity index (χ0) is 17.2. The van der Waals surface area contributed by atoms with E-state index in [-0.39, 0.29) is 24.0 Å². The molecule has 0 aliphatic carbocycles. The van der Waals surface area contributed by atoms with Crippen molar-refractivity contribution in [3.63, 3.8) is 0 Å². The minimum absolute atomic E-state index is 0. The Bertz CT molecular complexity index is 512. The van der Waals surface area contributed by atoms with E-state index in [4.69, 9.17) is 0 Å². The van der Waals surface area contributed by atoms with Gasteiger partial charge in [0.2, 0.25) is 0 Å². The lowest BCUT2D eigenvalue weighted by Crippen LogP contribution is -2.49. The lowest BCUT2D eigenvalue weighted by molar-refractivity contribution is 0.203. The highest BCUT2D eigenvalue weighted by Crippen LogP contribution is 2.11. The first-order valence-corrected chi connectivity index (χ1v) is 9.32. The molecule has 0 spiro atoms. The van der Waals surface area contributed by atoms with Gasteiger partial charge in [0.15, 0.2) is 5.96 Å². The maximum atomic E-state index is 4.37.